The van der Waals surface area contributed by atoms with Gasteiger partial charge in [-0.15, -0.1) is 0 Å². The Kier molecular flexibility index (Phi) is 5.10. The molecule has 0 aliphatic rings. The highest BCUT2D eigenvalue weighted by atomic mass is 16.4. The van der Waals surface area contributed by atoms with E-state index >= 15 is 0 Å². The van der Waals surface area contributed by atoms with Gasteiger partial charge in [-0.2, -0.15) is 0 Å². The van der Waals surface area contributed by atoms with Gasteiger partial charge in [0.05, 0.1) is 0 Å². The molecule has 19 heavy (non-hydrogen) atoms. The third kappa shape index (κ3) is 4.09. The fraction of sp³-hybridized carbons (Fsp3) is 0.467. The van der Waals surface area contributed by atoms with Crippen molar-refractivity contribution in [1.29, 1.82) is 0 Å². The number of aliphatic carboxylic acids is 1. The molecule has 0 heterocycles. The topological polar surface area (TPSA) is 57.6 Å². The predicted molar refractivity (Wildman–Crippen MR) is 73.8 cm³/mol. The van der Waals surface area contributed by atoms with E-state index in [1.807, 2.05) is 12.1 Å². The van der Waals surface area contributed by atoms with Crippen LogP contribution in [0.2, 0.25) is 0 Å². The second kappa shape index (κ2) is 6.36. The van der Waals surface area contributed by atoms with E-state index in [0.29, 0.717) is 11.5 Å². The number of carbonyl (C=O) groups excluding carboxylic acids is 1. The van der Waals surface area contributed by atoms with Crippen LogP contribution in [0.3, 0.4) is 0 Å². The Hall–Kier alpha value is -1.84. The average molecular weight is 263 g/mol. The molecule has 1 N–H and O–H groups in total. The molecule has 0 radical (unpaired) electrons. The molecule has 0 fully saturated rings. The summed E-state index contributed by atoms with van der Waals surface area (Å²) < 4.78 is 0. The van der Waals surface area contributed by atoms with Gasteiger partial charge in [0.15, 0.2) is 6.04 Å². The van der Waals surface area contributed by atoms with Gasteiger partial charge in [0.25, 0.3) is 0 Å². The standard InChI is InChI=1S/C15H21NO3/c1-10(2)9-12-5-7-13(8-6-12)14(15(18)19)16(4)11(3)17/h5-8,10,14H,9H2,1-4H3,(H,18,19). The van der Waals surface area contributed by atoms with Crippen LogP contribution in [0.5, 0.6) is 0 Å². The molecule has 4 nitrogen and oxygen atoms in total. The van der Waals surface area contributed by atoms with Crippen LogP contribution in [0, 0.1) is 5.92 Å². The summed E-state index contributed by atoms with van der Waals surface area (Å²) in [5, 5.41) is 9.27. The van der Waals surface area contributed by atoms with Crippen molar-refractivity contribution in [3.8, 4) is 0 Å². The number of likely N-dealkylation sites (N-methyl/N-ethyl adjacent to an activating group) is 1. The van der Waals surface area contributed by atoms with Gasteiger partial charge in [0.2, 0.25) is 5.91 Å². The zero-order chi connectivity index (χ0) is 14.6. The first kappa shape index (κ1) is 15.2. The molecule has 1 aromatic carbocycles. The molecular formula is C15H21NO3. The Labute approximate surface area is 114 Å². The van der Waals surface area contributed by atoms with Crippen LogP contribution in [-0.2, 0) is 16.0 Å². The van der Waals surface area contributed by atoms with Gasteiger partial charge in [-0.3, -0.25) is 4.79 Å². The van der Waals surface area contributed by atoms with Gasteiger partial charge in [-0.25, -0.2) is 4.79 Å². The molecule has 0 aliphatic carbocycles. The quantitative estimate of drug-likeness (QED) is 0.888. The molecule has 1 aromatic rings. The van der Waals surface area contributed by atoms with Crippen LogP contribution >= 0.6 is 0 Å². The fourth-order valence-corrected chi connectivity index (χ4v) is 2.02. The van der Waals surface area contributed by atoms with Gasteiger partial charge in [0, 0.05) is 14.0 Å². The number of carbonyl (C=O) groups is 2. The molecule has 0 aliphatic heterocycles. The van der Waals surface area contributed by atoms with E-state index in [4.69, 9.17) is 0 Å². The number of carboxylic acid groups (broad SMARTS) is 1. The summed E-state index contributed by atoms with van der Waals surface area (Å²) in [7, 11) is 1.50. The van der Waals surface area contributed by atoms with E-state index in [1.54, 1.807) is 12.1 Å². The lowest BCUT2D eigenvalue weighted by Crippen LogP contribution is -2.34. The highest BCUT2D eigenvalue weighted by molar-refractivity contribution is 5.83. The van der Waals surface area contributed by atoms with Crippen molar-refractivity contribution in [3.05, 3.63) is 35.4 Å². The number of hydrogen-bond donors (Lipinski definition) is 1. The average Bonchev–Trinajstić information content (AvgIpc) is 2.30. The zero-order valence-corrected chi connectivity index (χ0v) is 11.9. The minimum Gasteiger partial charge on any atom is -0.479 e. The fourth-order valence-electron chi connectivity index (χ4n) is 2.02. The van der Waals surface area contributed by atoms with Crippen LogP contribution in [0.4, 0.5) is 0 Å². The smallest absolute Gasteiger partial charge is 0.331 e. The van der Waals surface area contributed by atoms with E-state index in [2.05, 4.69) is 13.8 Å². The Morgan fingerprint density at radius 3 is 2.11 bits per heavy atom. The van der Waals surface area contributed by atoms with Crippen molar-refractivity contribution >= 4 is 11.9 Å². The summed E-state index contributed by atoms with van der Waals surface area (Å²) in [4.78, 5) is 23.9. The third-order valence-electron chi connectivity index (χ3n) is 3.06. The Morgan fingerprint density at radius 2 is 1.74 bits per heavy atom. The molecule has 1 atom stereocenters. The van der Waals surface area contributed by atoms with Gasteiger partial charge in [0.1, 0.15) is 0 Å². The first-order chi connectivity index (χ1) is 8.82. The second-order valence-electron chi connectivity index (χ2n) is 5.21. The zero-order valence-electron chi connectivity index (χ0n) is 11.9. The van der Waals surface area contributed by atoms with E-state index < -0.39 is 12.0 Å². The summed E-state index contributed by atoms with van der Waals surface area (Å²) in [6.45, 7) is 5.64. The van der Waals surface area contributed by atoms with Crippen molar-refractivity contribution in [3.63, 3.8) is 0 Å². The molecule has 4 heteroatoms. The van der Waals surface area contributed by atoms with E-state index in [-0.39, 0.29) is 5.91 Å². The molecule has 1 amide bonds. The number of hydrogen-bond acceptors (Lipinski definition) is 2. The maximum absolute atomic E-state index is 11.3. The molecule has 1 rings (SSSR count). The summed E-state index contributed by atoms with van der Waals surface area (Å²) in [5.74, 6) is -0.728. The molecule has 0 spiro atoms. The minimum absolute atomic E-state index is 0.265. The van der Waals surface area contributed by atoms with Crippen molar-refractivity contribution in [2.75, 3.05) is 7.05 Å². The highest BCUT2D eigenvalue weighted by Gasteiger charge is 2.26. The summed E-state index contributed by atoms with van der Waals surface area (Å²) >= 11 is 0. The first-order valence-corrected chi connectivity index (χ1v) is 6.38. The van der Waals surface area contributed by atoms with Crippen molar-refractivity contribution in [2.45, 2.75) is 33.2 Å². The normalized spacial score (nSPS) is 12.3. The van der Waals surface area contributed by atoms with Crippen LogP contribution < -0.4 is 0 Å². The maximum Gasteiger partial charge on any atom is 0.331 e. The van der Waals surface area contributed by atoms with Gasteiger partial charge in [-0.05, 0) is 23.5 Å². The van der Waals surface area contributed by atoms with E-state index in [0.717, 1.165) is 6.42 Å². The number of nitrogens with zero attached hydrogens (tertiary/aromatic N) is 1. The lowest BCUT2D eigenvalue weighted by Gasteiger charge is -2.24. The summed E-state index contributed by atoms with van der Waals surface area (Å²) in [5.41, 5.74) is 1.80. The Bertz CT molecular complexity index is 451. The molecule has 1 unspecified atom stereocenters. The van der Waals surface area contributed by atoms with Gasteiger partial charge < -0.3 is 10.0 Å². The number of rotatable bonds is 5. The predicted octanol–water partition coefficient (Wildman–Crippen LogP) is 2.49. The monoisotopic (exact) mass is 263 g/mol. The molecule has 0 saturated carbocycles. The van der Waals surface area contributed by atoms with Crippen LogP contribution in [0.15, 0.2) is 24.3 Å². The SMILES string of the molecule is CC(=O)N(C)C(C(=O)O)c1ccc(CC(C)C)cc1. The molecule has 0 saturated heterocycles. The van der Waals surface area contributed by atoms with E-state index in [9.17, 15) is 14.7 Å². The second-order valence-corrected chi connectivity index (χ2v) is 5.21. The highest BCUT2D eigenvalue weighted by Crippen LogP contribution is 2.21. The Balaban J connectivity index is 2.98. The van der Waals surface area contributed by atoms with Gasteiger partial charge in [-0.1, -0.05) is 38.1 Å². The first-order valence-electron chi connectivity index (χ1n) is 6.38. The molecular weight excluding hydrogens is 242 g/mol. The van der Waals surface area contributed by atoms with Crippen LogP contribution in [0.1, 0.15) is 37.9 Å². The largest absolute Gasteiger partial charge is 0.479 e. The summed E-state index contributed by atoms with van der Waals surface area (Å²) in [6.07, 6.45) is 0.959. The number of carboxylic acids is 1. The number of benzene rings is 1. The lowest BCUT2D eigenvalue weighted by atomic mass is 9.99. The molecule has 0 bridgehead atoms. The van der Waals surface area contributed by atoms with Crippen LogP contribution in [-0.4, -0.2) is 28.9 Å². The summed E-state index contributed by atoms with van der Waals surface area (Å²) in [6, 6.07) is 6.51. The molecule has 0 aromatic heterocycles. The number of amides is 1. The Morgan fingerprint density at radius 1 is 1.21 bits per heavy atom. The lowest BCUT2D eigenvalue weighted by molar-refractivity contribution is -0.148. The van der Waals surface area contributed by atoms with Crippen LogP contribution in [0.25, 0.3) is 0 Å². The van der Waals surface area contributed by atoms with Crippen molar-refractivity contribution < 1.29 is 14.7 Å². The third-order valence-corrected chi connectivity index (χ3v) is 3.06. The van der Waals surface area contributed by atoms with Crippen molar-refractivity contribution in [1.82, 2.24) is 4.90 Å². The van der Waals surface area contributed by atoms with Crippen molar-refractivity contribution in [2.24, 2.45) is 5.92 Å². The maximum atomic E-state index is 11.3. The van der Waals surface area contributed by atoms with E-state index in [1.165, 1.54) is 24.4 Å². The van der Waals surface area contributed by atoms with Gasteiger partial charge >= 0.3 is 5.97 Å². The minimum atomic E-state index is -1.02. The molecule has 104 valence electrons.